The van der Waals surface area contributed by atoms with Crippen LogP contribution in [0.4, 0.5) is 5.13 Å². The normalized spacial score (nSPS) is 12.9. The number of primary amides is 1. The van der Waals surface area contributed by atoms with Crippen LogP contribution in [0.3, 0.4) is 0 Å². The van der Waals surface area contributed by atoms with Gasteiger partial charge in [-0.2, -0.15) is 0 Å². The molecule has 0 spiro atoms. The molecule has 5 N–H and O–H groups in total. The molecule has 0 aliphatic carbocycles. The number of anilines is 1. The van der Waals surface area contributed by atoms with Gasteiger partial charge in [0.15, 0.2) is 10.8 Å². The number of oxime groups is 1. The van der Waals surface area contributed by atoms with Gasteiger partial charge in [-0.15, -0.1) is 11.3 Å². The van der Waals surface area contributed by atoms with Gasteiger partial charge in [0.2, 0.25) is 5.91 Å². The average Bonchev–Trinajstić information content (AvgIpc) is 2.72. The van der Waals surface area contributed by atoms with Crippen molar-refractivity contribution in [3.8, 4) is 0 Å². The molecule has 1 heterocycles. The summed E-state index contributed by atoms with van der Waals surface area (Å²) < 4.78 is 0. The minimum absolute atomic E-state index is 0.0708. The second kappa shape index (κ2) is 5.96. The SMILES string of the molecule is CON=C(C(=O)N[C@@H](C)C(N)=O)c1csc(N)n1. The molecule has 98 valence electrons. The highest BCUT2D eigenvalue weighted by molar-refractivity contribution is 7.13. The topological polar surface area (TPSA) is 133 Å². The molecular weight excluding hydrogens is 258 g/mol. The third-order valence-corrected chi connectivity index (χ3v) is 2.61. The van der Waals surface area contributed by atoms with E-state index in [1.165, 1.54) is 14.0 Å². The van der Waals surface area contributed by atoms with Crippen LogP contribution in [0.5, 0.6) is 0 Å². The first-order chi connectivity index (χ1) is 8.45. The Kier molecular flexibility index (Phi) is 4.60. The lowest BCUT2D eigenvalue weighted by Gasteiger charge is -2.10. The van der Waals surface area contributed by atoms with Crippen molar-refractivity contribution in [1.29, 1.82) is 0 Å². The maximum atomic E-state index is 11.9. The van der Waals surface area contributed by atoms with E-state index in [0.29, 0.717) is 5.13 Å². The Balaban J connectivity index is 2.90. The first-order valence-electron chi connectivity index (χ1n) is 4.88. The van der Waals surface area contributed by atoms with E-state index >= 15 is 0 Å². The van der Waals surface area contributed by atoms with Gasteiger partial charge in [-0.1, -0.05) is 5.16 Å². The summed E-state index contributed by atoms with van der Waals surface area (Å²) in [7, 11) is 1.29. The molecule has 9 heteroatoms. The van der Waals surface area contributed by atoms with Gasteiger partial charge in [-0.05, 0) is 6.92 Å². The van der Waals surface area contributed by atoms with Crippen LogP contribution in [0.1, 0.15) is 12.6 Å². The van der Waals surface area contributed by atoms with Crippen LogP contribution >= 0.6 is 11.3 Å². The third kappa shape index (κ3) is 3.42. The van der Waals surface area contributed by atoms with Gasteiger partial charge in [0.05, 0.1) is 0 Å². The zero-order valence-electron chi connectivity index (χ0n) is 9.84. The minimum atomic E-state index is -0.824. The van der Waals surface area contributed by atoms with Gasteiger partial charge in [-0.25, -0.2) is 4.98 Å². The maximum absolute atomic E-state index is 11.9. The van der Waals surface area contributed by atoms with E-state index in [0.717, 1.165) is 11.3 Å². The summed E-state index contributed by atoms with van der Waals surface area (Å²) in [4.78, 5) is 31.2. The monoisotopic (exact) mass is 271 g/mol. The zero-order chi connectivity index (χ0) is 13.7. The van der Waals surface area contributed by atoms with Gasteiger partial charge in [0.1, 0.15) is 18.8 Å². The summed E-state index contributed by atoms with van der Waals surface area (Å²) in [5.41, 5.74) is 10.7. The fourth-order valence-corrected chi connectivity index (χ4v) is 1.58. The van der Waals surface area contributed by atoms with E-state index in [1.54, 1.807) is 5.38 Å². The first-order valence-corrected chi connectivity index (χ1v) is 5.76. The van der Waals surface area contributed by atoms with Crippen LogP contribution in [0.2, 0.25) is 0 Å². The molecule has 1 rings (SSSR count). The molecule has 0 unspecified atom stereocenters. The number of hydrogen-bond acceptors (Lipinski definition) is 7. The lowest BCUT2D eigenvalue weighted by molar-refractivity contribution is -0.123. The van der Waals surface area contributed by atoms with E-state index in [2.05, 4.69) is 20.3 Å². The summed E-state index contributed by atoms with van der Waals surface area (Å²) in [6.07, 6.45) is 0. The third-order valence-electron chi connectivity index (χ3n) is 1.94. The Hall–Kier alpha value is -2.16. The van der Waals surface area contributed by atoms with Gasteiger partial charge in [0.25, 0.3) is 5.91 Å². The second-order valence-electron chi connectivity index (χ2n) is 3.29. The molecule has 0 aliphatic rings. The summed E-state index contributed by atoms with van der Waals surface area (Å²) >= 11 is 1.16. The Labute approximate surface area is 107 Å². The number of thiazole rings is 1. The van der Waals surface area contributed by atoms with E-state index in [1.807, 2.05) is 0 Å². The number of nitrogens with one attached hydrogen (secondary N) is 1. The van der Waals surface area contributed by atoms with Crippen molar-refractivity contribution in [2.45, 2.75) is 13.0 Å². The van der Waals surface area contributed by atoms with Crippen LogP contribution in [-0.4, -0.2) is 35.7 Å². The molecule has 18 heavy (non-hydrogen) atoms. The highest BCUT2D eigenvalue weighted by atomic mass is 32.1. The Morgan fingerprint density at radius 3 is 2.72 bits per heavy atom. The van der Waals surface area contributed by atoms with Gasteiger partial charge in [-0.3, -0.25) is 9.59 Å². The number of nitrogens with zero attached hydrogens (tertiary/aromatic N) is 2. The molecule has 0 fully saturated rings. The molecule has 0 aromatic carbocycles. The van der Waals surface area contributed by atoms with Crippen molar-refractivity contribution in [2.75, 3.05) is 12.8 Å². The molecule has 0 radical (unpaired) electrons. The van der Waals surface area contributed by atoms with Crippen molar-refractivity contribution < 1.29 is 14.4 Å². The number of rotatable bonds is 5. The molecule has 1 atom stereocenters. The largest absolute Gasteiger partial charge is 0.398 e. The number of nitrogens with two attached hydrogens (primary N) is 2. The highest BCUT2D eigenvalue weighted by Gasteiger charge is 2.21. The number of carbonyl (C=O) groups excluding carboxylic acids is 2. The molecule has 8 nitrogen and oxygen atoms in total. The first kappa shape index (κ1) is 13.9. The van der Waals surface area contributed by atoms with E-state index < -0.39 is 17.9 Å². The van der Waals surface area contributed by atoms with Crippen molar-refractivity contribution in [3.05, 3.63) is 11.1 Å². The average molecular weight is 271 g/mol. The van der Waals surface area contributed by atoms with Gasteiger partial charge < -0.3 is 21.6 Å². The molecule has 0 saturated heterocycles. The number of carbonyl (C=O) groups is 2. The predicted octanol–water partition coefficient (Wildman–Crippen LogP) is -0.934. The molecular formula is C9H13N5O3S. The number of nitrogen functional groups attached to an aromatic ring is 1. The molecule has 1 aromatic heterocycles. The fourth-order valence-electron chi connectivity index (χ4n) is 1.03. The van der Waals surface area contributed by atoms with Crippen molar-refractivity contribution in [2.24, 2.45) is 10.9 Å². The second-order valence-corrected chi connectivity index (χ2v) is 4.18. The summed E-state index contributed by atoms with van der Waals surface area (Å²) in [6.45, 7) is 1.46. The summed E-state index contributed by atoms with van der Waals surface area (Å²) in [6, 6.07) is -0.824. The number of amides is 2. The van der Waals surface area contributed by atoms with Gasteiger partial charge >= 0.3 is 0 Å². The summed E-state index contributed by atoms with van der Waals surface area (Å²) in [5.74, 6) is -1.27. The molecule has 2 amide bonds. The van der Waals surface area contributed by atoms with Crippen molar-refractivity contribution in [1.82, 2.24) is 10.3 Å². The van der Waals surface area contributed by atoms with E-state index in [4.69, 9.17) is 11.5 Å². The van der Waals surface area contributed by atoms with E-state index in [-0.39, 0.29) is 11.4 Å². The quantitative estimate of drug-likeness (QED) is 0.470. The smallest absolute Gasteiger partial charge is 0.276 e. The number of aromatic nitrogens is 1. The van der Waals surface area contributed by atoms with Crippen LogP contribution in [0.15, 0.2) is 10.5 Å². The Bertz CT molecular complexity index is 484. The lowest BCUT2D eigenvalue weighted by Crippen LogP contribution is -2.45. The van der Waals surface area contributed by atoms with Gasteiger partial charge in [0, 0.05) is 5.38 Å². The zero-order valence-corrected chi connectivity index (χ0v) is 10.7. The number of hydrogen-bond donors (Lipinski definition) is 3. The molecule has 0 bridgehead atoms. The van der Waals surface area contributed by atoms with Crippen LogP contribution in [0.25, 0.3) is 0 Å². The molecule has 0 aliphatic heterocycles. The summed E-state index contributed by atoms with van der Waals surface area (Å²) in [5, 5.41) is 7.79. The Morgan fingerprint density at radius 2 is 2.28 bits per heavy atom. The molecule has 0 saturated carbocycles. The lowest BCUT2D eigenvalue weighted by atomic mass is 10.2. The Morgan fingerprint density at radius 1 is 1.61 bits per heavy atom. The fraction of sp³-hybridized carbons (Fsp3) is 0.333. The predicted molar refractivity (Wildman–Crippen MR) is 66.9 cm³/mol. The van der Waals surface area contributed by atoms with Crippen LogP contribution < -0.4 is 16.8 Å². The van der Waals surface area contributed by atoms with Crippen LogP contribution in [-0.2, 0) is 14.4 Å². The van der Waals surface area contributed by atoms with Crippen molar-refractivity contribution in [3.63, 3.8) is 0 Å². The standard InChI is InChI=1S/C9H13N5O3S/c1-4(7(10)15)12-8(16)6(14-17-2)5-3-18-9(11)13-5/h3-4H,1-2H3,(H2,10,15)(H2,11,13)(H,12,16)/t4-/m0/s1. The maximum Gasteiger partial charge on any atom is 0.276 e. The van der Waals surface area contributed by atoms with Crippen molar-refractivity contribution >= 4 is 34.0 Å². The highest BCUT2D eigenvalue weighted by Crippen LogP contribution is 2.12. The molecule has 1 aromatic rings. The minimum Gasteiger partial charge on any atom is -0.398 e. The van der Waals surface area contributed by atoms with E-state index in [9.17, 15) is 9.59 Å². The van der Waals surface area contributed by atoms with Crippen LogP contribution in [0, 0.1) is 0 Å².